The quantitative estimate of drug-likeness (QED) is 0.611. The molecule has 4 rings (SSSR count). The maximum absolute atomic E-state index is 14.1. The van der Waals surface area contributed by atoms with Gasteiger partial charge in [0.15, 0.2) is 0 Å². The van der Waals surface area contributed by atoms with Crippen LogP contribution in [-0.2, 0) is 4.79 Å². The molecule has 32 heavy (non-hydrogen) atoms. The number of nitrogens with two attached hydrogens (primary N) is 1. The Morgan fingerprint density at radius 3 is 2.38 bits per heavy atom. The Bertz CT molecular complexity index is 1170. The lowest BCUT2D eigenvalue weighted by atomic mass is 9.95. The van der Waals surface area contributed by atoms with E-state index >= 15 is 0 Å². The molecule has 1 aromatic heterocycles. The maximum Gasteiger partial charge on any atom is 0.265 e. The highest BCUT2D eigenvalue weighted by Gasteiger charge is 2.27. The molecule has 1 saturated heterocycles. The van der Waals surface area contributed by atoms with Gasteiger partial charge in [0.2, 0.25) is 5.91 Å². The molecule has 0 bridgehead atoms. The van der Waals surface area contributed by atoms with Crippen molar-refractivity contribution in [3.05, 3.63) is 76.9 Å². The van der Waals surface area contributed by atoms with E-state index in [0.717, 1.165) is 0 Å². The fraction of sp³-hybridized carbons (Fsp3) is 0.208. The second kappa shape index (κ2) is 9.32. The Balaban J connectivity index is 1.49. The average molecular weight is 452 g/mol. The van der Waals surface area contributed by atoms with Crippen LogP contribution in [0.4, 0.5) is 10.1 Å². The Morgan fingerprint density at radius 1 is 0.969 bits per heavy atom. The topological polar surface area (TPSA) is 92.5 Å². The number of carbonyl (C=O) groups is 3. The van der Waals surface area contributed by atoms with Gasteiger partial charge in [-0.3, -0.25) is 14.4 Å². The highest BCUT2D eigenvalue weighted by Crippen LogP contribution is 2.31. The molecule has 6 nitrogen and oxygen atoms in total. The number of amides is 3. The fourth-order valence-electron chi connectivity index (χ4n) is 3.77. The number of piperidine rings is 1. The summed E-state index contributed by atoms with van der Waals surface area (Å²) in [6, 6.07) is 16.6. The molecule has 0 atom stereocenters. The molecule has 0 saturated carbocycles. The zero-order valence-corrected chi connectivity index (χ0v) is 18.0. The maximum atomic E-state index is 14.1. The van der Waals surface area contributed by atoms with Gasteiger partial charge in [-0.25, -0.2) is 4.39 Å². The van der Waals surface area contributed by atoms with Crippen molar-refractivity contribution >= 4 is 34.7 Å². The van der Waals surface area contributed by atoms with E-state index in [9.17, 15) is 18.8 Å². The molecule has 0 radical (unpaired) electrons. The van der Waals surface area contributed by atoms with Crippen molar-refractivity contribution in [3.63, 3.8) is 0 Å². The molecule has 1 aliphatic rings. The molecule has 3 aromatic rings. The van der Waals surface area contributed by atoms with E-state index < -0.39 is 0 Å². The van der Waals surface area contributed by atoms with E-state index in [1.54, 1.807) is 59.5 Å². The first kappa shape index (κ1) is 21.7. The van der Waals surface area contributed by atoms with E-state index in [2.05, 4.69) is 5.32 Å². The van der Waals surface area contributed by atoms with Gasteiger partial charge in [0, 0.05) is 29.4 Å². The van der Waals surface area contributed by atoms with Gasteiger partial charge in [0.25, 0.3) is 11.8 Å². The molecule has 2 heterocycles. The summed E-state index contributed by atoms with van der Waals surface area (Å²) in [6.07, 6.45) is 1.06. The largest absolute Gasteiger partial charge is 0.369 e. The minimum Gasteiger partial charge on any atom is -0.369 e. The second-order valence-corrected chi connectivity index (χ2v) is 8.70. The number of hydrogen-bond acceptors (Lipinski definition) is 4. The first-order valence-electron chi connectivity index (χ1n) is 10.3. The van der Waals surface area contributed by atoms with E-state index in [1.807, 2.05) is 0 Å². The van der Waals surface area contributed by atoms with Gasteiger partial charge in [-0.2, -0.15) is 0 Å². The lowest BCUT2D eigenvalue weighted by molar-refractivity contribution is -0.123. The number of carbonyl (C=O) groups excluding carboxylic acids is 3. The SMILES string of the molecule is NC(=O)C1CCN(C(=O)c2ccccc2NC(=O)c2ccc(-c3ccccc3F)s2)CC1. The molecule has 1 aliphatic heterocycles. The van der Waals surface area contributed by atoms with Crippen LogP contribution >= 0.6 is 11.3 Å². The second-order valence-electron chi connectivity index (χ2n) is 7.61. The summed E-state index contributed by atoms with van der Waals surface area (Å²) in [7, 11) is 0. The number of para-hydroxylation sites is 1. The number of nitrogens with zero attached hydrogens (tertiary/aromatic N) is 1. The van der Waals surface area contributed by atoms with Crippen LogP contribution in [0.2, 0.25) is 0 Å². The molecular weight excluding hydrogens is 429 g/mol. The van der Waals surface area contributed by atoms with Crippen LogP contribution in [-0.4, -0.2) is 35.7 Å². The first-order valence-corrected chi connectivity index (χ1v) is 11.1. The molecule has 3 N–H and O–H groups in total. The van der Waals surface area contributed by atoms with Crippen LogP contribution in [0.5, 0.6) is 0 Å². The predicted octanol–water partition coefficient (Wildman–Crippen LogP) is 4.14. The molecule has 1 fully saturated rings. The molecule has 8 heteroatoms. The third-order valence-electron chi connectivity index (χ3n) is 5.56. The Hall–Kier alpha value is -3.52. The Kier molecular flexibility index (Phi) is 6.32. The summed E-state index contributed by atoms with van der Waals surface area (Å²) >= 11 is 1.18. The third-order valence-corrected chi connectivity index (χ3v) is 6.68. The van der Waals surface area contributed by atoms with Crippen molar-refractivity contribution in [3.8, 4) is 10.4 Å². The van der Waals surface area contributed by atoms with Crippen molar-refractivity contribution < 1.29 is 18.8 Å². The van der Waals surface area contributed by atoms with Crippen LogP contribution in [0.25, 0.3) is 10.4 Å². The number of likely N-dealkylation sites (tertiary alicyclic amines) is 1. The summed E-state index contributed by atoms with van der Waals surface area (Å²) in [5, 5.41) is 2.81. The van der Waals surface area contributed by atoms with Gasteiger partial charge in [0.05, 0.1) is 16.1 Å². The van der Waals surface area contributed by atoms with Crippen molar-refractivity contribution in [1.82, 2.24) is 4.90 Å². The number of rotatable bonds is 5. The minimum atomic E-state index is -0.370. The van der Waals surface area contributed by atoms with Crippen molar-refractivity contribution in [2.45, 2.75) is 12.8 Å². The van der Waals surface area contributed by atoms with E-state index in [0.29, 0.717) is 52.5 Å². The number of hydrogen-bond donors (Lipinski definition) is 2. The van der Waals surface area contributed by atoms with E-state index in [1.165, 1.54) is 17.4 Å². The third kappa shape index (κ3) is 4.55. The van der Waals surface area contributed by atoms with Gasteiger partial charge in [-0.1, -0.05) is 30.3 Å². The van der Waals surface area contributed by atoms with E-state index in [-0.39, 0.29) is 29.5 Å². The van der Waals surface area contributed by atoms with Crippen LogP contribution in [0.1, 0.15) is 32.9 Å². The number of primary amides is 1. The molecule has 0 unspecified atom stereocenters. The highest BCUT2D eigenvalue weighted by atomic mass is 32.1. The molecule has 164 valence electrons. The summed E-state index contributed by atoms with van der Waals surface area (Å²) in [6.45, 7) is 0.872. The molecule has 3 amide bonds. The smallest absolute Gasteiger partial charge is 0.265 e. The molecule has 0 aliphatic carbocycles. The van der Waals surface area contributed by atoms with Gasteiger partial charge >= 0.3 is 0 Å². The number of thiophene rings is 1. The van der Waals surface area contributed by atoms with Crippen LogP contribution in [0.3, 0.4) is 0 Å². The van der Waals surface area contributed by atoms with Gasteiger partial charge < -0.3 is 16.0 Å². The zero-order valence-electron chi connectivity index (χ0n) is 17.2. The van der Waals surface area contributed by atoms with Gasteiger partial charge in [0.1, 0.15) is 5.82 Å². The average Bonchev–Trinajstić information content (AvgIpc) is 3.29. The van der Waals surface area contributed by atoms with Crippen LogP contribution in [0.15, 0.2) is 60.7 Å². The van der Waals surface area contributed by atoms with Crippen molar-refractivity contribution in [2.24, 2.45) is 11.7 Å². The number of benzene rings is 2. The summed E-state index contributed by atoms with van der Waals surface area (Å²) in [5.74, 6) is -1.48. The standard InChI is InChI=1S/C24H22FN3O3S/c25-18-7-3-1-5-16(18)20-9-10-21(32-20)23(30)27-19-8-4-2-6-17(19)24(31)28-13-11-15(12-14-28)22(26)29/h1-10,15H,11-14H2,(H2,26,29)(H,27,30). The van der Waals surface area contributed by atoms with E-state index in [4.69, 9.17) is 5.73 Å². The Morgan fingerprint density at radius 2 is 1.66 bits per heavy atom. The zero-order chi connectivity index (χ0) is 22.7. The monoisotopic (exact) mass is 451 g/mol. The normalized spacial score (nSPS) is 14.2. The highest BCUT2D eigenvalue weighted by molar-refractivity contribution is 7.17. The van der Waals surface area contributed by atoms with Crippen LogP contribution in [0, 0.1) is 11.7 Å². The van der Waals surface area contributed by atoms with Crippen molar-refractivity contribution in [1.29, 1.82) is 0 Å². The summed E-state index contributed by atoms with van der Waals surface area (Å²) in [4.78, 5) is 40.0. The Labute approximate surface area is 188 Å². The number of halogens is 1. The lowest BCUT2D eigenvalue weighted by Gasteiger charge is -2.31. The number of anilines is 1. The van der Waals surface area contributed by atoms with Crippen molar-refractivity contribution in [2.75, 3.05) is 18.4 Å². The fourth-order valence-corrected chi connectivity index (χ4v) is 4.69. The first-order chi connectivity index (χ1) is 15.4. The molecule has 0 spiro atoms. The summed E-state index contributed by atoms with van der Waals surface area (Å²) in [5.41, 5.74) is 6.59. The van der Waals surface area contributed by atoms with Gasteiger partial charge in [-0.05, 0) is 43.2 Å². The molecule has 2 aromatic carbocycles. The number of nitrogens with one attached hydrogen (secondary N) is 1. The molecular formula is C24H22FN3O3S. The van der Waals surface area contributed by atoms with Gasteiger partial charge in [-0.15, -0.1) is 11.3 Å². The predicted molar refractivity (Wildman–Crippen MR) is 122 cm³/mol. The lowest BCUT2D eigenvalue weighted by Crippen LogP contribution is -2.42. The summed E-state index contributed by atoms with van der Waals surface area (Å²) < 4.78 is 14.1. The van der Waals surface area contributed by atoms with Crippen LogP contribution < -0.4 is 11.1 Å². The minimum absolute atomic E-state index is 0.206.